The highest BCUT2D eigenvalue weighted by Gasteiger charge is 2.36. The molecule has 0 radical (unpaired) electrons. The van der Waals surface area contributed by atoms with E-state index in [2.05, 4.69) is 32.2 Å². The van der Waals surface area contributed by atoms with Gasteiger partial charge < -0.3 is 0 Å². The van der Waals surface area contributed by atoms with Crippen LogP contribution in [0.25, 0.3) is 0 Å². The Labute approximate surface area is 161 Å². The van der Waals surface area contributed by atoms with Crippen LogP contribution in [0.1, 0.15) is 20.3 Å². The minimum absolute atomic E-state index is 0.0586. The zero-order valence-electron chi connectivity index (χ0n) is 11.3. The van der Waals surface area contributed by atoms with Gasteiger partial charge in [0.1, 0.15) is 4.84 Å². The van der Waals surface area contributed by atoms with Crippen molar-refractivity contribution in [2.45, 2.75) is 34.0 Å². The van der Waals surface area contributed by atoms with Crippen LogP contribution in [0.2, 0.25) is 0 Å². The van der Waals surface area contributed by atoms with Crippen molar-refractivity contribution in [2.75, 3.05) is 23.0 Å². The fraction of sp³-hybridized carbons (Fsp3) is 0.909. The van der Waals surface area contributed by atoms with Gasteiger partial charge in [-0.05, 0) is 31.8 Å². The lowest BCUT2D eigenvalue weighted by atomic mass is 10.5. The average molecular weight is 438 g/mol. The highest BCUT2D eigenvalue weighted by atomic mass is 35.5. The molecule has 1 aliphatic heterocycles. The van der Waals surface area contributed by atoms with Crippen molar-refractivity contribution in [1.29, 1.82) is 0 Å². The fourth-order valence-electron chi connectivity index (χ4n) is 0.727. The van der Waals surface area contributed by atoms with Gasteiger partial charge in [-0.2, -0.15) is 25.3 Å². The van der Waals surface area contributed by atoms with Crippen molar-refractivity contribution >= 4 is 101 Å². The molecule has 1 aliphatic rings. The second-order valence-corrected chi connectivity index (χ2v) is 10.2. The topological polar surface area (TPSA) is 17.1 Å². The first-order valence-corrected chi connectivity index (χ1v) is 10.8. The van der Waals surface area contributed by atoms with E-state index in [1.807, 2.05) is 23.5 Å². The molecule has 1 fully saturated rings. The lowest BCUT2D eigenvalue weighted by molar-refractivity contribution is -0.115. The quantitative estimate of drug-likeness (QED) is 0.440. The third-order valence-electron chi connectivity index (χ3n) is 1.88. The summed E-state index contributed by atoms with van der Waals surface area (Å²) in [5, 5.41) is 0. The maximum atomic E-state index is 9.88. The van der Waals surface area contributed by atoms with Gasteiger partial charge in [0.05, 0.1) is 4.08 Å². The first kappa shape index (κ1) is 24.5. The smallest absolute Gasteiger partial charge is 0.165 e. The molecule has 122 valence electrons. The Hall–Kier alpha value is 2.23. The van der Waals surface area contributed by atoms with E-state index < -0.39 is 4.84 Å². The number of halogens is 4. The number of carbonyl (C=O) groups excluding carboxylic acids is 1. The molecule has 0 spiro atoms. The molecule has 0 saturated carbocycles. The van der Waals surface area contributed by atoms with Crippen molar-refractivity contribution in [3.8, 4) is 0 Å². The molecule has 1 rings (SSSR count). The first-order valence-electron chi connectivity index (χ1n) is 5.77. The second-order valence-electron chi connectivity index (χ2n) is 3.73. The number of thioether (sulfide) groups is 2. The van der Waals surface area contributed by atoms with Gasteiger partial charge in [-0.3, -0.25) is 4.79 Å². The van der Waals surface area contributed by atoms with Gasteiger partial charge >= 0.3 is 0 Å². The number of hydrogen-bond acceptors (Lipinski definition) is 5. The van der Waals surface area contributed by atoms with E-state index in [1.54, 1.807) is 0 Å². The largest absolute Gasteiger partial charge is 0.297 e. The van der Waals surface area contributed by atoms with Crippen LogP contribution < -0.4 is 0 Å². The molecule has 0 atom stereocenters. The molecule has 0 aromatic rings. The molecule has 1 heterocycles. The van der Waals surface area contributed by atoms with E-state index in [0.717, 1.165) is 17.9 Å². The second kappa shape index (κ2) is 14.8. The number of carbonyl (C=O) groups is 1. The molecule has 9 heteroatoms. The lowest BCUT2D eigenvalue weighted by Gasteiger charge is -2.22. The monoisotopic (exact) mass is 436 g/mol. The van der Waals surface area contributed by atoms with Crippen LogP contribution >= 0.6 is 95.2 Å². The SMILES string of the molecule is CC(=O)C(Cl)Cl.CC1(C(Cl)Cl)SCCS1.SCCCS. The molecule has 0 amide bonds. The number of alkyl halides is 4. The molecule has 0 aromatic carbocycles. The van der Waals surface area contributed by atoms with Gasteiger partial charge in [0.2, 0.25) is 0 Å². The Morgan fingerprint density at radius 1 is 1.15 bits per heavy atom. The summed E-state index contributed by atoms with van der Waals surface area (Å²) in [5.74, 6) is 4.07. The fourth-order valence-corrected chi connectivity index (χ4v) is 4.61. The summed E-state index contributed by atoms with van der Waals surface area (Å²) in [6, 6.07) is 0. The Bertz CT molecular complexity index is 247. The first-order chi connectivity index (χ1) is 9.21. The lowest BCUT2D eigenvalue weighted by Crippen LogP contribution is -2.20. The minimum atomic E-state index is -0.843. The van der Waals surface area contributed by atoms with E-state index in [4.69, 9.17) is 46.4 Å². The highest BCUT2D eigenvalue weighted by molar-refractivity contribution is 8.21. The number of rotatable bonds is 4. The zero-order chi connectivity index (χ0) is 16.2. The normalized spacial score (nSPS) is 16.3. The summed E-state index contributed by atoms with van der Waals surface area (Å²) in [5.41, 5.74) is 0. The van der Waals surface area contributed by atoms with E-state index in [9.17, 15) is 4.79 Å². The highest BCUT2D eigenvalue weighted by Crippen LogP contribution is 2.48. The van der Waals surface area contributed by atoms with Crippen molar-refractivity contribution in [3.05, 3.63) is 0 Å². The molecule has 0 aromatic heterocycles. The number of hydrogen-bond donors (Lipinski definition) is 2. The maximum absolute atomic E-state index is 9.88. The Morgan fingerprint density at radius 2 is 1.50 bits per heavy atom. The molecule has 20 heavy (non-hydrogen) atoms. The molecule has 0 N–H and O–H groups in total. The van der Waals surface area contributed by atoms with E-state index >= 15 is 0 Å². The molecular formula is C11H20Cl4OS4. The predicted octanol–water partition coefficient (Wildman–Crippen LogP) is 5.60. The van der Waals surface area contributed by atoms with Gasteiger partial charge in [-0.25, -0.2) is 0 Å². The third kappa shape index (κ3) is 13.9. The summed E-state index contributed by atoms with van der Waals surface area (Å²) >= 11 is 33.2. The van der Waals surface area contributed by atoms with Crippen molar-refractivity contribution in [2.24, 2.45) is 0 Å². The van der Waals surface area contributed by atoms with E-state index in [1.165, 1.54) is 18.4 Å². The standard InChI is InChI=1S/C5H8Cl2S2.C3H4Cl2O.C3H8S2/c1-5(4(6)7)8-2-3-9-5;1-2(6)3(4)5;4-2-1-3-5/h4H,2-3H2,1H3;3H,1H3;4-5H,1-3H2. The van der Waals surface area contributed by atoms with Crippen LogP contribution in [0.4, 0.5) is 0 Å². The van der Waals surface area contributed by atoms with Crippen LogP contribution in [0.15, 0.2) is 0 Å². The van der Waals surface area contributed by atoms with Crippen LogP contribution in [-0.2, 0) is 4.79 Å². The predicted molar refractivity (Wildman–Crippen MR) is 107 cm³/mol. The summed E-state index contributed by atoms with van der Waals surface area (Å²) in [4.78, 5) is 8.80. The van der Waals surface area contributed by atoms with Crippen LogP contribution in [-0.4, -0.2) is 42.5 Å². The molecule has 0 unspecified atom stereocenters. The molecular weight excluding hydrogens is 418 g/mol. The Kier molecular flexibility index (Phi) is 18.1. The molecule has 0 bridgehead atoms. The maximum Gasteiger partial charge on any atom is 0.165 e. The van der Waals surface area contributed by atoms with Crippen molar-refractivity contribution < 1.29 is 4.79 Å². The van der Waals surface area contributed by atoms with Crippen LogP contribution in [0.3, 0.4) is 0 Å². The van der Waals surface area contributed by atoms with Gasteiger partial charge in [0.15, 0.2) is 10.6 Å². The molecule has 0 aliphatic carbocycles. The van der Waals surface area contributed by atoms with Crippen molar-refractivity contribution in [3.63, 3.8) is 0 Å². The summed E-state index contributed by atoms with van der Waals surface area (Å²) < 4.78 is 0.0586. The number of thiol groups is 2. The average Bonchev–Trinajstić information content (AvgIpc) is 2.80. The van der Waals surface area contributed by atoms with E-state index in [-0.39, 0.29) is 14.7 Å². The summed E-state index contributed by atoms with van der Waals surface area (Å²) in [6.45, 7) is 3.44. The molecule has 1 nitrogen and oxygen atoms in total. The van der Waals surface area contributed by atoms with Crippen LogP contribution in [0.5, 0.6) is 0 Å². The van der Waals surface area contributed by atoms with Gasteiger partial charge in [-0.1, -0.05) is 23.2 Å². The van der Waals surface area contributed by atoms with Gasteiger partial charge in [-0.15, -0.1) is 46.7 Å². The van der Waals surface area contributed by atoms with Gasteiger partial charge in [0.25, 0.3) is 0 Å². The zero-order valence-corrected chi connectivity index (χ0v) is 17.8. The Balaban J connectivity index is 0. The molecule has 1 saturated heterocycles. The Morgan fingerprint density at radius 3 is 1.60 bits per heavy atom. The summed E-state index contributed by atoms with van der Waals surface area (Å²) in [7, 11) is 0. The van der Waals surface area contributed by atoms with Crippen molar-refractivity contribution in [1.82, 2.24) is 0 Å². The third-order valence-corrected chi connectivity index (χ3v) is 7.92. The number of ketones is 1. The van der Waals surface area contributed by atoms with E-state index in [0.29, 0.717) is 0 Å². The minimum Gasteiger partial charge on any atom is -0.297 e. The summed E-state index contributed by atoms with van der Waals surface area (Å²) in [6.07, 6.45) is 1.12. The number of Topliss-reactive ketones (excluding diaryl/α,β-unsaturated/α-hetero) is 1. The van der Waals surface area contributed by atoms with Crippen LogP contribution in [0, 0.1) is 0 Å². The van der Waals surface area contributed by atoms with Gasteiger partial charge in [0, 0.05) is 11.5 Å².